The number of aromatic nitrogens is 3. The normalized spacial score (nSPS) is 10.8. The Balaban J connectivity index is 1.55. The predicted octanol–water partition coefficient (Wildman–Crippen LogP) is 4.63. The van der Waals surface area contributed by atoms with Crippen LogP contribution >= 0.6 is 11.8 Å². The fraction of sp³-hybridized carbons (Fsp3) is 0.136. The number of benzene rings is 2. The molecule has 7 heteroatoms. The molecule has 2 heterocycles. The maximum absolute atomic E-state index is 12.3. The van der Waals surface area contributed by atoms with E-state index in [9.17, 15) is 4.79 Å². The first-order chi connectivity index (χ1) is 14.2. The lowest BCUT2D eigenvalue weighted by molar-refractivity contribution is -0.113. The summed E-state index contributed by atoms with van der Waals surface area (Å²) in [6.07, 6.45) is 1.64. The first-order valence-electron chi connectivity index (χ1n) is 9.19. The van der Waals surface area contributed by atoms with E-state index in [4.69, 9.17) is 4.42 Å². The van der Waals surface area contributed by atoms with E-state index in [0.29, 0.717) is 11.7 Å². The molecule has 0 saturated heterocycles. The molecule has 4 aromatic rings. The molecule has 1 N–H and O–H groups in total. The van der Waals surface area contributed by atoms with Gasteiger partial charge in [-0.15, -0.1) is 10.2 Å². The predicted molar refractivity (Wildman–Crippen MR) is 114 cm³/mol. The fourth-order valence-electron chi connectivity index (χ4n) is 2.94. The Hall–Kier alpha value is -3.32. The van der Waals surface area contributed by atoms with Gasteiger partial charge in [-0.3, -0.25) is 9.36 Å². The largest absolute Gasteiger partial charge is 0.467 e. The molecule has 0 aliphatic rings. The molecule has 0 aliphatic heterocycles. The molecule has 0 radical (unpaired) electrons. The Bertz CT molecular complexity index is 1090. The molecule has 0 atom stereocenters. The van der Waals surface area contributed by atoms with Gasteiger partial charge < -0.3 is 9.73 Å². The third-order valence-corrected chi connectivity index (χ3v) is 5.24. The topological polar surface area (TPSA) is 73.0 Å². The van der Waals surface area contributed by atoms with E-state index < -0.39 is 0 Å². The minimum absolute atomic E-state index is 0.0918. The molecule has 0 spiro atoms. The van der Waals surface area contributed by atoms with E-state index in [1.54, 1.807) is 6.26 Å². The number of aryl methyl sites for hydroxylation is 1. The van der Waals surface area contributed by atoms with Crippen LogP contribution in [-0.4, -0.2) is 26.4 Å². The van der Waals surface area contributed by atoms with E-state index in [2.05, 4.69) is 21.6 Å². The minimum atomic E-state index is -0.0918. The highest BCUT2D eigenvalue weighted by Gasteiger charge is 2.17. The van der Waals surface area contributed by atoms with Crippen LogP contribution in [0.5, 0.6) is 0 Å². The number of para-hydroxylation sites is 1. The number of nitrogens with one attached hydrogen (secondary N) is 1. The number of nitrogens with zero attached hydrogens (tertiary/aromatic N) is 3. The van der Waals surface area contributed by atoms with Crippen molar-refractivity contribution in [2.75, 3.05) is 11.1 Å². The summed E-state index contributed by atoms with van der Waals surface area (Å²) in [6, 6.07) is 21.3. The Kier molecular flexibility index (Phi) is 5.76. The van der Waals surface area contributed by atoms with Gasteiger partial charge in [0.25, 0.3) is 0 Å². The number of furan rings is 1. The number of hydrogen-bond acceptors (Lipinski definition) is 5. The van der Waals surface area contributed by atoms with Crippen LogP contribution in [0.25, 0.3) is 11.4 Å². The Morgan fingerprint density at radius 3 is 2.69 bits per heavy atom. The number of rotatable bonds is 7. The van der Waals surface area contributed by atoms with E-state index in [0.717, 1.165) is 28.4 Å². The van der Waals surface area contributed by atoms with Gasteiger partial charge in [-0.1, -0.05) is 53.7 Å². The lowest BCUT2D eigenvalue weighted by Crippen LogP contribution is -2.14. The van der Waals surface area contributed by atoms with Crippen molar-refractivity contribution in [2.24, 2.45) is 0 Å². The monoisotopic (exact) mass is 404 g/mol. The zero-order valence-electron chi connectivity index (χ0n) is 15.9. The third-order valence-electron chi connectivity index (χ3n) is 4.28. The molecular formula is C22H20N4O2S. The summed E-state index contributed by atoms with van der Waals surface area (Å²) < 4.78 is 7.50. The molecule has 0 fully saturated rings. The molecule has 0 bridgehead atoms. The molecule has 2 aromatic carbocycles. The smallest absolute Gasteiger partial charge is 0.234 e. The van der Waals surface area contributed by atoms with Gasteiger partial charge in [-0.25, -0.2) is 0 Å². The van der Waals surface area contributed by atoms with Crippen molar-refractivity contribution >= 4 is 23.4 Å². The second-order valence-electron chi connectivity index (χ2n) is 6.54. The Labute approximate surface area is 173 Å². The van der Waals surface area contributed by atoms with Crippen LogP contribution in [0, 0.1) is 6.92 Å². The van der Waals surface area contributed by atoms with Crippen LogP contribution in [0.15, 0.2) is 82.6 Å². The summed E-state index contributed by atoms with van der Waals surface area (Å²) in [4.78, 5) is 12.3. The Morgan fingerprint density at radius 2 is 1.93 bits per heavy atom. The minimum Gasteiger partial charge on any atom is -0.467 e. The second-order valence-corrected chi connectivity index (χ2v) is 7.49. The molecular weight excluding hydrogens is 384 g/mol. The van der Waals surface area contributed by atoms with Crippen molar-refractivity contribution in [1.82, 2.24) is 14.8 Å². The van der Waals surface area contributed by atoms with Gasteiger partial charge >= 0.3 is 0 Å². The van der Waals surface area contributed by atoms with Crippen molar-refractivity contribution in [2.45, 2.75) is 18.6 Å². The zero-order valence-corrected chi connectivity index (χ0v) is 16.7. The summed E-state index contributed by atoms with van der Waals surface area (Å²) in [5.74, 6) is 1.69. The number of anilines is 1. The van der Waals surface area contributed by atoms with Crippen LogP contribution in [0.4, 0.5) is 5.69 Å². The SMILES string of the molecule is Cc1cccc(-c2nnc(SCC(=O)Nc3ccccc3)n2Cc2ccco2)c1. The van der Waals surface area contributed by atoms with E-state index in [1.165, 1.54) is 11.8 Å². The quantitative estimate of drug-likeness (QED) is 0.455. The van der Waals surface area contributed by atoms with Gasteiger partial charge in [0.2, 0.25) is 5.91 Å². The maximum atomic E-state index is 12.3. The van der Waals surface area contributed by atoms with Gasteiger partial charge in [0.15, 0.2) is 11.0 Å². The summed E-state index contributed by atoms with van der Waals surface area (Å²) in [7, 11) is 0. The van der Waals surface area contributed by atoms with Crippen LogP contribution in [0.2, 0.25) is 0 Å². The van der Waals surface area contributed by atoms with Crippen molar-refractivity contribution in [3.8, 4) is 11.4 Å². The third kappa shape index (κ3) is 4.75. The highest BCUT2D eigenvalue weighted by atomic mass is 32.2. The molecule has 146 valence electrons. The number of carbonyl (C=O) groups excluding carboxylic acids is 1. The molecule has 4 rings (SSSR count). The molecule has 29 heavy (non-hydrogen) atoms. The van der Waals surface area contributed by atoms with Gasteiger partial charge in [0.05, 0.1) is 18.6 Å². The number of thioether (sulfide) groups is 1. The van der Waals surface area contributed by atoms with E-state index >= 15 is 0 Å². The lowest BCUT2D eigenvalue weighted by atomic mass is 10.1. The fourth-order valence-corrected chi connectivity index (χ4v) is 3.68. The van der Waals surface area contributed by atoms with Gasteiger partial charge in [0.1, 0.15) is 5.76 Å². The molecule has 6 nitrogen and oxygen atoms in total. The molecule has 1 amide bonds. The van der Waals surface area contributed by atoms with Gasteiger partial charge in [0, 0.05) is 11.3 Å². The molecule has 0 unspecified atom stereocenters. The summed E-state index contributed by atoms with van der Waals surface area (Å²) in [5.41, 5.74) is 2.90. The van der Waals surface area contributed by atoms with Crippen LogP contribution in [0.3, 0.4) is 0 Å². The van der Waals surface area contributed by atoms with Crippen molar-refractivity contribution in [1.29, 1.82) is 0 Å². The molecule has 0 aliphatic carbocycles. The zero-order chi connectivity index (χ0) is 20.1. The number of carbonyl (C=O) groups is 1. The summed E-state index contributed by atoms with van der Waals surface area (Å²) >= 11 is 1.35. The van der Waals surface area contributed by atoms with Gasteiger partial charge in [-0.2, -0.15) is 0 Å². The lowest BCUT2D eigenvalue weighted by Gasteiger charge is -2.09. The highest BCUT2D eigenvalue weighted by molar-refractivity contribution is 7.99. The molecule has 0 saturated carbocycles. The number of amides is 1. The first-order valence-corrected chi connectivity index (χ1v) is 10.2. The average Bonchev–Trinajstić information content (AvgIpc) is 3.38. The van der Waals surface area contributed by atoms with E-state index in [1.807, 2.05) is 72.2 Å². The van der Waals surface area contributed by atoms with Crippen molar-refractivity contribution in [3.05, 3.63) is 84.3 Å². The second kappa shape index (κ2) is 8.79. The van der Waals surface area contributed by atoms with Gasteiger partial charge in [-0.05, 0) is 37.3 Å². The average molecular weight is 404 g/mol. The van der Waals surface area contributed by atoms with Crippen molar-refractivity contribution in [3.63, 3.8) is 0 Å². The van der Waals surface area contributed by atoms with Crippen LogP contribution < -0.4 is 5.32 Å². The summed E-state index contributed by atoms with van der Waals surface area (Å²) in [5, 5.41) is 12.3. The Morgan fingerprint density at radius 1 is 1.07 bits per heavy atom. The van der Waals surface area contributed by atoms with Crippen LogP contribution in [-0.2, 0) is 11.3 Å². The standard InChI is InChI=1S/C22H20N4O2S/c1-16-7-5-8-17(13-16)21-24-25-22(26(21)14-19-11-6-12-28-19)29-15-20(27)23-18-9-3-2-4-10-18/h2-13H,14-15H2,1H3,(H,23,27). The number of hydrogen-bond donors (Lipinski definition) is 1. The van der Waals surface area contributed by atoms with Crippen molar-refractivity contribution < 1.29 is 9.21 Å². The highest BCUT2D eigenvalue weighted by Crippen LogP contribution is 2.26. The van der Waals surface area contributed by atoms with E-state index in [-0.39, 0.29) is 11.7 Å². The maximum Gasteiger partial charge on any atom is 0.234 e. The first kappa shape index (κ1) is 19.0. The van der Waals surface area contributed by atoms with Crippen LogP contribution in [0.1, 0.15) is 11.3 Å². The molecule has 2 aromatic heterocycles. The summed E-state index contributed by atoms with van der Waals surface area (Å²) in [6.45, 7) is 2.53.